The van der Waals surface area contributed by atoms with Crippen molar-refractivity contribution in [1.82, 2.24) is 4.98 Å². The fourth-order valence-corrected chi connectivity index (χ4v) is 5.27. The number of carbonyl (C=O) groups is 1. The molecule has 1 atom stereocenters. The highest BCUT2D eigenvalue weighted by atomic mass is 32.2. The van der Waals surface area contributed by atoms with E-state index in [9.17, 15) is 4.79 Å². The number of carbonyl (C=O) groups excluding carboxylic acids is 1. The Hall–Kier alpha value is -2.25. The lowest BCUT2D eigenvalue weighted by Gasteiger charge is -2.23. The number of ether oxygens (including phenoxy) is 2. The van der Waals surface area contributed by atoms with Gasteiger partial charge >= 0.3 is 0 Å². The number of anilines is 1. The van der Waals surface area contributed by atoms with Gasteiger partial charge in [-0.15, -0.1) is 11.8 Å². The lowest BCUT2D eigenvalue weighted by Crippen LogP contribution is -2.27. The van der Waals surface area contributed by atoms with Crippen molar-refractivity contribution in [1.29, 1.82) is 0 Å². The molecule has 1 saturated heterocycles. The summed E-state index contributed by atoms with van der Waals surface area (Å²) in [6, 6.07) is 13.6. The Morgan fingerprint density at radius 2 is 2.12 bits per heavy atom. The van der Waals surface area contributed by atoms with E-state index < -0.39 is 0 Å². The molecule has 2 heterocycles. The van der Waals surface area contributed by atoms with Crippen molar-refractivity contribution in [2.24, 2.45) is 0 Å². The van der Waals surface area contributed by atoms with Crippen LogP contribution in [0.4, 0.5) is 5.13 Å². The molecule has 5 nitrogen and oxygen atoms in total. The number of thiazole rings is 1. The fourth-order valence-electron chi connectivity index (χ4n) is 2.98. The van der Waals surface area contributed by atoms with E-state index in [4.69, 9.17) is 14.5 Å². The third-order valence-corrected chi connectivity index (χ3v) is 6.35. The van der Waals surface area contributed by atoms with Crippen LogP contribution in [0.3, 0.4) is 0 Å². The summed E-state index contributed by atoms with van der Waals surface area (Å²) in [5, 5.41) is 0.574. The van der Waals surface area contributed by atoms with E-state index >= 15 is 0 Å². The Balaban J connectivity index is 1.74. The molecule has 7 heteroatoms. The van der Waals surface area contributed by atoms with Crippen molar-refractivity contribution in [3.05, 3.63) is 48.0 Å². The number of benzene rings is 2. The van der Waals surface area contributed by atoms with Crippen LogP contribution < -0.4 is 14.4 Å². The van der Waals surface area contributed by atoms with Crippen molar-refractivity contribution in [3.63, 3.8) is 0 Å². The average molecular weight is 386 g/mol. The summed E-state index contributed by atoms with van der Waals surface area (Å²) in [7, 11) is 1.65. The minimum Gasteiger partial charge on any atom is -0.496 e. The van der Waals surface area contributed by atoms with E-state index in [1.807, 2.05) is 49.4 Å². The van der Waals surface area contributed by atoms with E-state index in [0.717, 1.165) is 27.3 Å². The monoisotopic (exact) mass is 386 g/mol. The zero-order valence-corrected chi connectivity index (χ0v) is 16.1. The molecule has 26 heavy (non-hydrogen) atoms. The molecule has 0 bridgehead atoms. The Morgan fingerprint density at radius 1 is 1.27 bits per heavy atom. The van der Waals surface area contributed by atoms with Crippen molar-refractivity contribution < 1.29 is 14.3 Å². The number of rotatable bonds is 5. The van der Waals surface area contributed by atoms with Gasteiger partial charge in [-0.2, -0.15) is 0 Å². The van der Waals surface area contributed by atoms with Crippen molar-refractivity contribution in [2.45, 2.75) is 12.3 Å². The van der Waals surface area contributed by atoms with E-state index in [1.54, 1.807) is 23.8 Å². The van der Waals surface area contributed by atoms with Crippen LogP contribution in [0.2, 0.25) is 0 Å². The molecular formula is C19H18N2O3S2. The number of amides is 1. The van der Waals surface area contributed by atoms with E-state index in [1.165, 1.54) is 11.3 Å². The first-order valence-corrected chi connectivity index (χ1v) is 10.2. The second kappa shape index (κ2) is 7.17. The minimum absolute atomic E-state index is 0.0648. The third kappa shape index (κ3) is 3.01. The maximum Gasteiger partial charge on any atom is 0.240 e. The molecule has 1 aliphatic heterocycles. The number of hydrogen-bond donors (Lipinski definition) is 0. The standard InChI is InChI=1S/C19H18N2O3S2/c1-3-24-12-8-9-14-16(10-12)26-19(20-14)21-17(22)11-25-18(21)13-6-4-5-7-15(13)23-2/h4-10,18H,3,11H2,1-2H3/t18-/m1/s1. The molecule has 1 aromatic heterocycles. The second-order valence-corrected chi connectivity index (χ2v) is 7.81. The zero-order chi connectivity index (χ0) is 18.1. The summed E-state index contributed by atoms with van der Waals surface area (Å²) in [5.41, 5.74) is 1.86. The summed E-state index contributed by atoms with van der Waals surface area (Å²) in [5.74, 6) is 2.10. The van der Waals surface area contributed by atoms with Gasteiger partial charge in [-0.3, -0.25) is 9.69 Å². The van der Waals surface area contributed by atoms with Gasteiger partial charge < -0.3 is 9.47 Å². The minimum atomic E-state index is -0.134. The van der Waals surface area contributed by atoms with Crippen LogP contribution in [0.15, 0.2) is 42.5 Å². The van der Waals surface area contributed by atoms with Crippen LogP contribution in [0, 0.1) is 0 Å². The second-order valence-electron chi connectivity index (χ2n) is 5.73. The molecule has 2 aromatic carbocycles. The van der Waals surface area contributed by atoms with Gasteiger partial charge in [0.05, 0.1) is 29.7 Å². The average Bonchev–Trinajstić information content (AvgIpc) is 3.24. The zero-order valence-electron chi connectivity index (χ0n) is 14.5. The largest absolute Gasteiger partial charge is 0.496 e. The molecule has 3 aromatic rings. The highest BCUT2D eigenvalue weighted by molar-refractivity contribution is 8.00. The molecule has 134 valence electrons. The molecule has 4 rings (SSSR count). The van der Waals surface area contributed by atoms with Gasteiger partial charge in [-0.05, 0) is 31.2 Å². The first-order chi connectivity index (χ1) is 12.7. The van der Waals surface area contributed by atoms with Crippen LogP contribution in [-0.2, 0) is 4.79 Å². The molecule has 1 amide bonds. The molecule has 0 saturated carbocycles. The Labute approximate surface area is 159 Å². The molecule has 1 aliphatic rings. The van der Waals surface area contributed by atoms with E-state index in [2.05, 4.69) is 0 Å². The SMILES string of the molecule is CCOc1ccc2nc(N3C(=O)CS[C@@H]3c3ccccc3OC)sc2c1. The molecule has 1 fully saturated rings. The Morgan fingerprint density at radius 3 is 2.92 bits per heavy atom. The smallest absolute Gasteiger partial charge is 0.240 e. The van der Waals surface area contributed by atoms with Gasteiger partial charge in [-0.1, -0.05) is 29.5 Å². The van der Waals surface area contributed by atoms with Gasteiger partial charge in [0.15, 0.2) is 5.13 Å². The van der Waals surface area contributed by atoms with Gasteiger partial charge in [0.1, 0.15) is 16.9 Å². The normalized spacial score (nSPS) is 17.1. The van der Waals surface area contributed by atoms with Gasteiger partial charge in [0, 0.05) is 5.56 Å². The van der Waals surface area contributed by atoms with Crippen molar-refractivity contribution in [2.75, 3.05) is 24.4 Å². The summed E-state index contributed by atoms with van der Waals surface area (Å²) < 4.78 is 12.1. The fraction of sp³-hybridized carbons (Fsp3) is 0.263. The Bertz CT molecular complexity index is 957. The van der Waals surface area contributed by atoms with Crippen LogP contribution in [0.25, 0.3) is 10.2 Å². The number of methoxy groups -OCH3 is 1. The Kier molecular flexibility index (Phi) is 4.74. The number of fused-ring (bicyclic) bond motifs is 1. The molecule has 0 unspecified atom stereocenters. The quantitative estimate of drug-likeness (QED) is 0.647. The highest BCUT2D eigenvalue weighted by Crippen LogP contribution is 2.46. The van der Waals surface area contributed by atoms with Gasteiger partial charge in [0.2, 0.25) is 5.91 Å². The predicted octanol–water partition coefficient (Wildman–Crippen LogP) is 4.48. The summed E-state index contributed by atoms with van der Waals surface area (Å²) in [6.45, 7) is 2.58. The number of para-hydroxylation sites is 1. The predicted molar refractivity (Wildman–Crippen MR) is 106 cm³/mol. The van der Waals surface area contributed by atoms with Crippen molar-refractivity contribution >= 4 is 44.4 Å². The molecule has 0 aliphatic carbocycles. The topological polar surface area (TPSA) is 51.7 Å². The summed E-state index contributed by atoms with van der Waals surface area (Å²) >= 11 is 3.11. The lowest BCUT2D eigenvalue weighted by molar-refractivity contribution is -0.115. The molecule has 0 radical (unpaired) electrons. The maximum absolute atomic E-state index is 12.6. The molecular weight excluding hydrogens is 368 g/mol. The number of aromatic nitrogens is 1. The first kappa shape index (κ1) is 17.2. The molecule has 0 N–H and O–H groups in total. The van der Waals surface area contributed by atoms with Crippen LogP contribution in [0.1, 0.15) is 17.9 Å². The van der Waals surface area contributed by atoms with E-state index in [-0.39, 0.29) is 11.3 Å². The highest BCUT2D eigenvalue weighted by Gasteiger charge is 2.37. The van der Waals surface area contributed by atoms with E-state index in [0.29, 0.717) is 17.5 Å². The van der Waals surface area contributed by atoms with Gasteiger partial charge in [0.25, 0.3) is 0 Å². The summed E-state index contributed by atoms with van der Waals surface area (Å²) in [6.07, 6.45) is 0. The van der Waals surface area contributed by atoms with Crippen LogP contribution >= 0.6 is 23.1 Å². The van der Waals surface area contributed by atoms with Crippen molar-refractivity contribution in [3.8, 4) is 11.5 Å². The third-order valence-electron chi connectivity index (χ3n) is 4.14. The number of hydrogen-bond acceptors (Lipinski definition) is 6. The molecule has 0 spiro atoms. The van der Waals surface area contributed by atoms with Crippen LogP contribution in [0.5, 0.6) is 11.5 Å². The summed E-state index contributed by atoms with van der Waals surface area (Å²) in [4.78, 5) is 19.1. The lowest BCUT2D eigenvalue weighted by atomic mass is 10.2. The number of nitrogens with zero attached hydrogens (tertiary/aromatic N) is 2. The maximum atomic E-state index is 12.6. The first-order valence-electron chi connectivity index (χ1n) is 8.31. The van der Waals surface area contributed by atoms with Gasteiger partial charge in [-0.25, -0.2) is 4.98 Å². The van der Waals surface area contributed by atoms with Crippen LogP contribution in [-0.4, -0.2) is 30.4 Å². The number of thioether (sulfide) groups is 1.